The molecule has 1 aromatic rings. The summed E-state index contributed by atoms with van der Waals surface area (Å²) in [5.74, 6) is 0.556. The maximum atomic E-state index is 11.2. The van der Waals surface area contributed by atoms with E-state index in [0.717, 1.165) is 19.1 Å². The van der Waals surface area contributed by atoms with E-state index < -0.39 is 10.0 Å². The Hall–Kier alpha value is -1.43. The Balaban J connectivity index is 2.12. The van der Waals surface area contributed by atoms with Crippen molar-refractivity contribution in [3.05, 3.63) is 18.2 Å². The molecule has 5 nitrogen and oxygen atoms in total. The van der Waals surface area contributed by atoms with Gasteiger partial charge in [-0.2, -0.15) is 0 Å². The van der Waals surface area contributed by atoms with Crippen molar-refractivity contribution in [1.29, 1.82) is 0 Å². The average molecular weight is 284 g/mol. The van der Waals surface area contributed by atoms with Gasteiger partial charge in [-0.3, -0.25) is 4.72 Å². The highest BCUT2D eigenvalue weighted by Crippen LogP contribution is 2.30. The summed E-state index contributed by atoms with van der Waals surface area (Å²) in [6.45, 7) is 0. The smallest absolute Gasteiger partial charge is 0.229 e. The van der Waals surface area contributed by atoms with Gasteiger partial charge in [0.2, 0.25) is 10.0 Å². The fourth-order valence-electron chi connectivity index (χ4n) is 2.28. The third kappa shape index (κ3) is 4.31. The fraction of sp³-hybridized carbons (Fsp3) is 0.538. The molecular formula is C13H20N2O3S. The lowest BCUT2D eigenvalue weighted by Gasteiger charge is -2.24. The van der Waals surface area contributed by atoms with Crippen LogP contribution in [0.3, 0.4) is 0 Å². The van der Waals surface area contributed by atoms with Gasteiger partial charge < -0.3 is 10.5 Å². The first-order valence-electron chi connectivity index (χ1n) is 6.48. The van der Waals surface area contributed by atoms with Crippen LogP contribution in [0.5, 0.6) is 5.75 Å². The zero-order valence-electron chi connectivity index (χ0n) is 11.1. The van der Waals surface area contributed by atoms with Gasteiger partial charge in [0.05, 0.1) is 23.7 Å². The van der Waals surface area contributed by atoms with E-state index in [1.54, 1.807) is 18.2 Å². The molecular weight excluding hydrogens is 264 g/mol. The van der Waals surface area contributed by atoms with Crippen molar-refractivity contribution in [2.24, 2.45) is 0 Å². The van der Waals surface area contributed by atoms with E-state index in [9.17, 15) is 8.42 Å². The number of benzene rings is 1. The number of rotatable bonds is 4. The van der Waals surface area contributed by atoms with E-state index in [1.165, 1.54) is 19.3 Å². The molecule has 1 fully saturated rings. The lowest BCUT2D eigenvalue weighted by molar-refractivity contribution is 0.156. The lowest BCUT2D eigenvalue weighted by atomic mass is 9.98. The van der Waals surface area contributed by atoms with Gasteiger partial charge in [-0.05, 0) is 37.8 Å². The van der Waals surface area contributed by atoms with Gasteiger partial charge in [-0.15, -0.1) is 0 Å². The molecule has 0 radical (unpaired) electrons. The van der Waals surface area contributed by atoms with Gasteiger partial charge in [-0.1, -0.05) is 6.42 Å². The predicted octanol–water partition coefficient (Wildman–Crippen LogP) is 2.35. The van der Waals surface area contributed by atoms with Crippen molar-refractivity contribution in [3.63, 3.8) is 0 Å². The summed E-state index contributed by atoms with van der Waals surface area (Å²) in [6.07, 6.45) is 6.96. The highest BCUT2D eigenvalue weighted by molar-refractivity contribution is 7.92. The molecule has 0 spiro atoms. The first kappa shape index (κ1) is 14.0. The Kier molecular flexibility index (Phi) is 4.19. The second-order valence-electron chi connectivity index (χ2n) is 5.00. The molecule has 6 heteroatoms. The van der Waals surface area contributed by atoms with Crippen molar-refractivity contribution < 1.29 is 13.2 Å². The number of nitrogen functional groups attached to an aromatic ring is 1. The van der Waals surface area contributed by atoms with Crippen LogP contribution >= 0.6 is 0 Å². The van der Waals surface area contributed by atoms with Gasteiger partial charge in [0.15, 0.2) is 0 Å². The summed E-state index contributed by atoms with van der Waals surface area (Å²) < 4.78 is 30.7. The summed E-state index contributed by atoms with van der Waals surface area (Å²) in [5, 5.41) is 0. The standard InChI is InChI=1S/C13H20N2O3S/c1-19(16,17)15-10-7-8-12(14)13(9-10)18-11-5-3-2-4-6-11/h7-9,11,15H,2-6,14H2,1H3. The first-order chi connectivity index (χ1) is 8.94. The first-order valence-corrected chi connectivity index (χ1v) is 8.37. The minimum absolute atomic E-state index is 0.185. The van der Waals surface area contributed by atoms with Gasteiger partial charge in [0.1, 0.15) is 5.75 Å². The van der Waals surface area contributed by atoms with Crippen LogP contribution in [0.25, 0.3) is 0 Å². The molecule has 3 N–H and O–H groups in total. The minimum Gasteiger partial charge on any atom is -0.488 e. The molecule has 0 heterocycles. The average Bonchev–Trinajstić information content (AvgIpc) is 2.33. The van der Waals surface area contributed by atoms with E-state index >= 15 is 0 Å². The number of hydrogen-bond acceptors (Lipinski definition) is 4. The zero-order chi connectivity index (χ0) is 13.9. The van der Waals surface area contributed by atoms with Crippen LogP contribution in [-0.2, 0) is 10.0 Å². The normalized spacial score (nSPS) is 17.1. The molecule has 1 aliphatic carbocycles. The van der Waals surface area contributed by atoms with Crippen LogP contribution in [0, 0.1) is 0 Å². The second-order valence-corrected chi connectivity index (χ2v) is 6.75. The Morgan fingerprint density at radius 2 is 1.95 bits per heavy atom. The van der Waals surface area contributed by atoms with Gasteiger partial charge >= 0.3 is 0 Å². The molecule has 19 heavy (non-hydrogen) atoms. The topological polar surface area (TPSA) is 81.4 Å². The number of nitrogens with one attached hydrogen (secondary N) is 1. The van der Waals surface area contributed by atoms with Crippen molar-refractivity contribution in [3.8, 4) is 5.75 Å². The third-order valence-corrected chi connectivity index (χ3v) is 3.77. The van der Waals surface area contributed by atoms with Crippen molar-refractivity contribution in [1.82, 2.24) is 0 Å². The summed E-state index contributed by atoms with van der Waals surface area (Å²) in [6, 6.07) is 4.93. The SMILES string of the molecule is CS(=O)(=O)Nc1ccc(N)c(OC2CCCCC2)c1. The number of hydrogen-bond donors (Lipinski definition) is 2. The van der Waals surface area contributed by atoms with Crippen molar-refractivity contribution in [2.45, 2.75) is 38.2 Å². The van der Waals surface area contributed by atoms with Crippen LogP contribution in [0.2, 0.25) is 0 Å². The van der Waals surface area contributed by atoms with Gasteiger partial charge in [-0.25, -0.2) is 8.42 Å². The van der Waals surface area contributed by atoms with Crippen LogP contribution in [0.1, 0.15) is 32.1 Å². The summed E-state index contributed by atoms with van der Waals surface area (Å²) in [5.41, 5.74) is 6.87. The van der Waals surface area contributed by atoms with Crippen LogP contribution in [0.15, 0.2) is 18.2 Å². The van der Waals surface area contributed by atoms with E-state index in [0.29, 0.717) is 17.1 Å². The lowest BCUT2D eigenvalue weighted by Crippen LogP contribution is -2.20. The maximum absolute atomic E-state index is 11.2. The quantitative estimate of drug-likeness (QED) is 0.832. The number of ether oxygens (including phenoxy) is 1. The van der Waals surface area contributed by atoms with E-state index in [4.69, 9.17) is 10.5 Å². The maximum Gasteiger partial charge on any atom is 0.229 e. The van der Waals surface area contributed by atoms with Gasteiger partial charge in [0.25, 0.3) is 0 Å². The molecule has 0 aliphatic heterocycles. The molecule has 1 saturated carbocycles. The number of anilines is 2. The van der Waals surface area contributed by atoms with E-state index in [2.05, 4.69) is 4.72 Å². The molecule has 0 amide bonds. The van der Waals surface area contributed by atoms with E-state index in [1.807, 2.05) is 0 Å². The number of nitrogens with two attached hydrogens (primary N) is 1. The second kappa shape index (κ2) is 5.69. The van der Waals surface area contributed by atoms with Crippen LogP contribution in [-0.4, -0.2) is 20.8 Å². The summed E-state index contributed by atoms with van der Waals surface area (Å²) >= 11 is 0. The number of sulfonamides is 1. The Bertz CT molecular complexity index is 537. The molecule has 0 aromatic heterocycles. The molecule has 1 aromatic carbocycles. The van der Waals surface area contributed by atoms with Crippen LogP contribution in [0.4, 0.5) is 11.4 Å². The molecule has 1 aliphatic rings. The third-order valence-electron chi connectivity index (χ3n) is 3.16. The molecule has 0 unspecified atom stereocenters. The Morgan fingerprint density at radius 3 is 2.58 bits per heavy atom. The predicted molar refractivity (Wildman–Crippen MR) is 76.8 cm³/mol. The van der Waals surface area contributed by atoms with Crippen LogP contribution < -0.4 is 15.2 Å². The Morgan fingerprint density at radius 1 is 1.26 bits per heavy atom. The van der Waals surface area contributed by atoms with Crippen molar-refractivity contribution in [2.75, 3.05) is 16.7 Å². The zero-order valence-corrected chi connectivity index (χ0v) is 11.9. The monoisotopic (exact) mass is 284 g/mol. The summed E-state index contributed by atoms with van der Waals surface area (Å²) in [4.78, 5) is 0. The largest absolute Gasteiger partial charge is 0.488 e. The fourth-order valence-corrected chi connectivity index (χ4v) is 2.83. The minimum atomic E-state index is -3.29. The molecule has 0 atom stereocenters. The molecule has 106 valence electrons. The molecule has 2 rings (SSSR count). The molecule has 0 saturated heterocycles. The van der Waals surface area contributed by atoms with Crippen molar-refractivity contribution >= 4 is 21.4 Å². The van der Waals surface area contributed by atoms with E-state index in [-0.39, 0.29) is 6.10 Å². The highest BCUT2D eigenvalue weighted by atomic mass is 32.2. The summed E-state index contributed by atoms with van der Waals surface area (Å²) in [7, 11) is -3.29. The Labute approximate surface area is 114 Å². The van der Waals surface area contributed by atoms with Gasteiger partial charge in [0, 0.05) is 6.07 Å². The molecule has 0 bridgehead atoms. The highest BCUT2D eigenvalue weighted by Gasteiger charge is 2.16.